The number of hydrogen-bond donors (Lipinski definition) is 3. The summed E-state index contributed by atoms with van der Waals surface area (Å²) in [5, 5.41) is 16.9. The van der Waals surface area contributed by atoms with E-state index in [-0.39, 0.29) is 17.7 Å². The molecule has 1 aromatic heterocycles. The van der Waals surface area contributed by atoms with Crippen molar-refractivity contribution in [3.05, 3.63) is 35.0 Å². The molecule has 1 aliphatic heterocycles. The number of piperidine rings is 1. The molecule has 0 aliphatic carbocycles. The molecule has 0 bridgehead atoms. The molecule has 1 saturated heterocycles. The second-order valence-electron chi connectivity index (χ2n) is 12.3. The Morgan fingerprint density at radius 1 is 1.29 bits per heavy atom. The molecule has 0 saturated carbocycles. The number of benzene rings is 1. The van der Waals surface area contributed by atoms with E-state index in [4.69, 9.17) is 16.6 Å². The van der Waals surface area contributed by atoms with E-state index in [1.54, 1.807) is 31.9 Å². The summed E-state index contributed by atoms with van der Waals surface area (Å²) in [5.74, 6) is 0.483. The number of nitrogens with zero attached hydrogens (tertiary/aromatic N) is 4. The highest BCUT2D eigenvalue weighted by atomic mass is 35.5. The van der Waals surface area contributed by atoms with Crippen LogP contribution in [0, 0.1) is 18.8 Å². The topological polar surface area (TPSA) is 93.6 Å². The third-order valence-electron chi connectivity index (χ3n) is 8.04. The van der Waals surface area contributed by atoms with Gasteiger partial charge in [-0.2, -0.15) is 4.98 Å². The van der Waals surface area contributed by atoms with Gasteiger partial charge in [0.15, 0.2) is 5.82 Å². The Morgan fingerprint density at radius 3 is 2.52 bits per heavy atom. The van der Waals surface area contributed by atoms with E-state index in [2.05, 4.69) is 29.5 Å². The van der Waals surface area contributed by atoms with Crippen molar-refractivity contribution in [3.8, 4) is 0 Å². The smallest absolute Gasteiger partial charge is 0.227 e. The van der Waals surface area contributed by atoms with Crippen molar-refractivity contribution < 1.29 is 14.3 Å². The number of hydrogen-bond acceptors (Lipinski definition) is 7. The first kappa shape index (κ1) is 35.7. The van der Waals surface area contributed by atoms with Crippen LogP contribution in [0.3, 0.4) is 0 Å². The minimum atomic E-state index is -1.27. The normalized spacial score (nSPS) is 20.5. The fraction of sp³-hybridized carbons (Fsp3) is 0.656. The van der Waals surface area contributed by atoms with Crippen LogP contribution in [0.15, 0.2) is 24.4 Å². The van der Waals surface area contributed by atoms with Gasteiger partial charge >= 0.3 is 0 Å². The zero-order valence-corrected chi connectivity index (χ0v) is 27.8. The number of aromatic nitrogens is 2. The summed E-state index contributed by atoms with van der Waals surface area (Å²) >= 11 is 6.47. The summed E-state index contributed by atoms with van der Waals surface area (Å²) < 4.78 is 15.5. The molecule has 2 aromatic rings. The molecule has 1 fully saturated rings. The number of amides is 1. The molecule has 1 aliphatic rings. The third-order valence-corrected chi connectivity index (χ3v) is 8.32. The first-order chi connectivity index (χ1) is 19.6. The van der Waals surface area contributed by atoms with Crippen LogP contribution >= 0.6 is 11.6 Å². The molecule has 10 heteroatoms. The Labute approximate surface area is 257 Å². The monoisotopic (exact) mass is 606 g/mol. The maximum absolute atomic E-state index is 15.5. The molecular formula is C32H52ClFN6O2. The number of aliphatic hydroxyl groups is 1. The first-order valence-electron chi connectivity index (χ1n) is 15.1. The van der Waals surface area contributed by atoms with E-state index >= 15 is 4.39 Å². The number of anilines is 4. The number of carbonyl (C=O) groups excluding carboxylic acids is 1. The van der Waals surface area contributed by atoms with Crippen LogP contribution in [-0.4, -0.2) is 65.5 Å². The van der Waals surface area contributed by atoms with E-state index in [0.29, 0.717) is 48.5 Å². The van der Waals surface area contributed by atoms with Crippen molar-refractivity contribution in [1.82, 2.24) is 15.3 Å². The summed E-state index contributed by atoms with van der Waals surface area (Å²) in [5.41, 5.74) is 0.228. The average Bonchev–Trinajstić information content (AvgIpc) is 2.91. The van der Waals surface area contributed by atoms with Gasteiger partial charge in [0.05, 0.1) is 11.8 Å². The number of nitrogens with one attached hydrogen (secondary N) is 2. The molecule has 2 heterocycles. The summed E-state index contributed by atoms with van der Waals surface area (Å²) in [6.45, 7) is 17.1. The summed E-state index contributed by atoms with van der Waals surface area (Å²) in [4.78, 5) is 25.3. The van der Waals surface area contributed by atoms with Gasteiger partial charge in [-0.25, -0.2) is 9.37 Å². The van der Waals surface area contributed by atoms with Crippen molar-refractivity contribution in [2.24, 2.45) is 11.8 Å². The molecular weight excluding hydrogens is 555 g/mol. The molecule has 0 radical (unpaired) electrons. The molecule has 236 valence electrons. The van der Waals surface area contributed by atoms with E-state index < -0.39 is 11.3 Å². The van der Waals surface area contributed by atoms with Gasteiger partial charge in [0, 0.05) is 49.8 Å². The SMILES string of the molecule is CCCC.CNCCC1CN(c2ncc(Cl)c(Nc3ccc(C)c(N(CCC(C)(C)O)C(C)=O)c3)n2)CC(C)C1(C)F. The van der Waals surface area contributed by atoms with Gasteiger partial charge in [0.25, 0.3) is 0 Å². The Bertz CT molecular complexity index is 1150. The van der Waals surface area contributed by atoms with E-state index in [1.807, 2.05) is 44.0 Å². The molecule has 0 spiro atoms. The standard InChI is InChI=1S/C28H42ClFN6O2.C4H10/c1-18-8-9-22(14-24(18)36(20(3)37)13-11-27(4,5)38)33-25-23(29)15-32-26(34-25)35-16-19(2)28(6,30)21(17-35)10-12-31-7;1-3-4-2/h8-9,14-15,19,21,31,38H,10-13,16-17H2,1-7H3,(H,32,33,34);3-4H2,1-2H3. The van der Waals surface area contributed by atoms with Crippen LogP contribution in [0.5, 0.6) is 0 Å². The number of unbranched alkanes of at least 4 members (excludes halogenated alkanes) is 1. The molecule has 3 atom stereocenters. The predicted molar refractivity (Wildman–Crippen MR) is 174 cm³/mol. The number of carbonyl (C=O) groups is 1. The lowest BCUT2D eigenvalue weighted by molar-refractivity contribution is -0.116. The Balaban J connectivity index is 0.00000144. The largest absolute Gasteiger partial charge is 0.390 e. The maximum Gasteiger partial charge on any atom is 0.227 e. The molecule has 1 amide bonds. The van der Waals surface area contributed by atoms with Gasteiger partial charge in [-0.1, -0.05) is 51.3 Å². The van der Waals surface area contributed by atoms with Gasteiger partial charge in [-0.3, -0.25) is 4.79 Å². The van der Waals surface area contributed by atoms with Crippen LogP contribution in [0.4, 0.5) is 27.5 Å². The van der Waals surface area contributed by atoms with Crippen molar-refractivity contribution in [3.63, 3.8) is 0 Å². The van der Waals surface area contributed by atoms with Crippen LogP contribution in [0.1, 0.15) is 79.7 Å². The van der Waals surface area contributed by atoms with Gasteiger partial charge < -0.3 is 25.5 Å². The van der Waals surface area contributed by atoms with Crippen LogP contribution in [-0.2, 0) is 4.79 Å². The molecule has 1 aromatic carbocycles. The fourth-order valence-electron chi connectivity index (χ4n) is 4.83. The maximum atomic E-state index is 15.5. The van der Waals surface area contributed by atoms with Crippen LogP contribution in [0.2, 0.25) is 5.02 Å². The average molecular weight is 607 g/mol. The molecule has 3 N–H and O–H groups in total. The van der Waals surface area contributed by atoms with Crippen molar-refractivity contribution in [1.29, 1.82) is 0 Å². The minimum absolute atomic E-state index is 0.108. The summed E-state index contributed by atoms with van der Waals surface area (Å²) in [7, 11) is 1.87. The van der Waals surface area contributed by atoms with E-state index in [0.717, 1.165) is 24.2 Å². The fourth-order valence-corrected chi connectivity index (χ4v) is 4.97. The van der Waals surface area contributed by atoms with Crippen LogP contribution < -0.4 is 20.4 Å². The summed E-state index contributed by atoms with van der Waals surface area (Å²) in [6.07, 6.45) is 5.35. The van der Waals surface area contributed by atoms with Crippen LogP contribution in [0.25, 0.3) is 0 Å². The number of aryl methyl sites for hydroxylation is 1. The Morgan fingerprint density at radius 2 is 1.95 bits per heavy atom. The zero-order valence-electron chi connectivity index (χ0n) is 27.0. The Hall–Kier alpha value is -2.49. The highest BCUT2D eigenvalue weighted by molar-refractivity contribution is 6.32. The second kappa shape index (κ2) is 15.8. The third kappa shape index (κ3) is 10.1. The Kier molecular flexibility index (Phi) is 13.5. The molecule has 3 unspecified atom stereocenters. The minimum Gasteiger partial charge on any atom is -0.390 e. The number of halogens is 2. The highest BCUT2D eigenvalue weighted by Crippen LogP contribution is 2.39. The van der Waals surface area contributed by atoms with E-state index in [9.17, 15) is 9.90 Å². The highest BCUT2D eigenvalue weighted by Gasteiger charge is 2.45. The van der Waals surface area contributed by atoms with Crippen molar-refractivity contribution >= 4 is 40.6 Å². The van der Waals surface area contributed by atoms with Gasteiger partial charge in [-0.15, -0.1) is 0 Å². The molecule has 3 rings (SSSR count). The quantitative estimate of drug-likeness (QED) is 0.256. The second-order valence-corrected chi connectivity index (χ2v) is 12.7. The number of alkyl halides is 1. The predicted octanol–water partition coefficient (Wildman–Crippen LogP) is 6.91. The summed E-state index contributed by atoms with van der Waals surface area (Å²) in [6, 6.07) is 5.70. The molecule has 8 nitrogen and oxygen atoms in total. The van der Waals surface area contributed by atoms with Gasteiger partial charge in [0.2, 0.25) is 11.9 Å². The van der Waals surface area contributed by atoms with Crippen molar-refractivity contribution in [2.75, 3.05) is 48.3 Å². The van der Waals surface area contributed by atoms with Gasteiger partial charge in [-0.05, 0) is 71.8 Å². The first-order valence-corrected chi connectivity index (χ1v) is 15.5. The lowest BCUT2D eigenvalue weighted by Gasteiger charge is -2.45. The molecule has 42 heavy (non-hydrogen) atoms. The van der Waals surface area contributed by atoms with E-state index in [1.165, 1.54) is 19.8 Å². The zero-order chi connectivity index (χ0) is 31.7. The lowest BCUT2D eigenvalue weighted by atomic mass is 9.75. The lowest BCUT2D eigenvalue weighted by Crippen LogP contribution is -2.54. The van der Waals surface area contributed by atoms with Gasteiger partial charge in [0.1, 0.15) is 10.7 Å². The van der Waals surface area contributed by atoms with Crippen molar-refractivity contribution in [2.45, 2.75) is 92.3 Å². The number of rotatable bonds is 11.